The molecule has 2 unspecified atom stereocenters. The highest BCUT2D eigenvalue weighted by Gasteiger charge is 2.50. The van der Waals surface area contributed by atoms with Crippen LogP contribution in [0.2, 0.25) is 0 Å². The van der Waals surface area contributed by atoms with Gasteiger partial charge in [-0.2, -0.15) is 9.40 Å². The molecule has 0 spiro atoms. The van der Waals surface area contributed by atoms with Crippen LogP contribution >= 0.6 is 0 Å². The number of rotatable bonds is 7. The van der Waals surface area contributed by atoms with Crippen molar-refractivity contribution in [3.8, 4) is 11.1 Å². The van der Waals surface area contributed by atoms with Crippen molar-refractivity contribution in [1.82, 2.24) is 19.0 Å². The highest BCUT2D eigenvalue weighted by atomic mass is 32.2. The van der Waals surface area contributed by atoms with E-state index in [4.69, 9.17) is 4.74 Å². The number of sulfonamides is 1. The molecule has 0 bridgehead atoms. The van der Waals surface area contributed by atoms with Crippen LogP contribution in [0.15, 0.2) is 65.7 Å². The molecule has 1 saturated heterocycles. The second-order valence-corrected chi connectivity index (χ2v) is 12.3. The van der Waals surface area contributed by atoms with Gasteiger partial charge in [-0.05, 0) is 55.5 Å². The molecule has 1 fully saturated rings. The van der Waals surface area contributed by atoms with Crippen molar-refractivity contribution in [3.63, 3.8) is 0 Å². The molecule has 5 rings (SSSR count). The van der Waals surface area contributed by atoms with Crippen molar-refractivity contribution in [3.05, 3.63) is 83.2 Å². The number of aryl methyl sites for hydroxylation is 2. The average molecular weight is 535 g/mol. The van der Waals surface area contributed by atoms with Crippen LogP contribution in [0.25, 0.3) is 11.1 Å². The molecule has 3 atom stereocenters. The van der Waals surface area contributed by atoms with Gasteiger partial charge >= 0.3 is 0 Å². The van der Waals surface area contributed by atoms with Gasteiger partial charge in [-0.3, -0.25) is 9.58 Å². The predicted molar refractivity (Wildman–Crippen MR) is 151 cm³/mol. The maximum absolute atomic E-state index is 13.8. The molecule has 2 aliphatic rings. The van der Waals surface area contributed by atoms with Gasteiger partial charge in [0, 0.05) is 51.3 Å². The summed E-state index contributed by atoms with van der Waals surface area (Å²) in [7, 11) is -1.96. The second kappa shape index (κ2) is 10.8. The van der Waals surface area contributed by atoms with Gasteiger partial charge in [-0.25, -0.2) is 8.42 Å². The summed E-state index contributed by atoms with van der Waals surface area (Å²) in [6.07, 6.45) is 5.54. The lowest BCUT2D eigenvalue weighted by Gasteiger charge is -2.56. The molecule has 202 valence electrons. The first-order valence-electron chi connectivity index (χ1n) is 13.4. The van der Waals surface area contributed by atoms with Gasteiger partial charge in [-0.15, -0.1) is 0 Å². The highest BCUT2D eigenvalue weighted by molar-refractivity contribution is 7.89. The van der Waals surface area contributed by atoms with Crippen molar-refractivity contribution in [2.24, 2.45) is 0 Å². The minimum Gasteiger partial charge on any atom is -0.383 e. The molecular weight excluding hydrogens is 496 g/mol. The first-order chi connectivity index (χ1) is 18.3. The Bertz CT molecular complexity index is 1430. The molecule has 1 aromatic heterocycles. The summed E-state index contributed by atoms with van der Waals surface area (Å²) in [5.74, 6) is 0.172. The van der Waals surface area contributed by atoms with Gasteiger partial charge in [0.05, 0.1) is 18.5 Å². The summed E-state index contributed by atoms with van der Waals surface area (Å²) < 4.78 is 36.5. The van der Waals surface area contributed by atoms with E-state index in [0.717, 1.165) is 6.54 Å². The van der Waals surface area contributed by atoms with E-state index in [9.17, 15) is 8.42 Å². The monoisotopic (exact) mass is 534 g/mol. The largest absolute Gasteiger partial charge is 0.383 e. The molecule has 38 heavy (non-hydrogen) atoms. The normalized spacial score (nSPS) is 22.5. The second-order valence-electron chi connectivity index (χ2n) is 10.4. The molecule has 3 aromatic rings. The molecule has 0 aliphatic carbocycles. The molecule has 2 aliphatic heterocycles. The van der Waals surface area contributed by atoms with E-state index in [2.05, 4.69) is 72.4 Å². The van der Waals surface area contributed by atoms with Crippen LogP contribution in [0, 0.1) is 20.8 Å². The van der Waals surface area contributed by atoms with Crippen LogP contribution in [-0.4, -0.2) is 72.8 Å². The van der Waals surface area contributed by atoms with Gasteiger partial charge in [0.15, 0.2) is 0 Å². The van der Waals surface area contributed by atoms with Crippen LogP contribution < -0.4 is 0 Å². The maximum Gasteiger partial charge on any atom is 0.246 e. The number of benzene rings is 2. The number of hydrogen-bond donors (Lipinski definition) is 0. The number of methoxy groups -OCH3 is 1. The molecule has 8 heteroatoms. The smallest absolute Gasteiger partial charge is 0.246 e. The number of ether oxygens (including phenoxy) is 1. The summed E-state index contributed by atoms with van der Waals surface area (Å²) >= 11 is 0. The van der Waals surface area contributed by atoms with Crippen LogP contribution in [0.1, 0.15) is 35.2 Å². The minimum atomic E-state index is -3.69. The SMILES string of the molecule is CCn1ncc(S(=O)(=O)N2CC=CCN3C(COC)[C@@H](c4ccc(-c5cccc(C)c5C)cc4)C3C2)c1C. The molecule has 0 saturated carbocycles. The number of hydrogen-bond acceptors (Lipinski definition) is 5. The minimum absolute atomic E-state index is 0.0583. The van der Waals surface area contributed by atoms with E-state index >= 15 is 0 Å². The van der Waals surface area contributed by atoms with Crippen molar-refractivity contribution in [1.29, 1.82) is 0 Å². The zero-order chi connectivity index (χ0) is 27.0. The van der Waals surface area contributed by atoms with Crippen molar-refractivity contribution in [2.45, 2.75) is 57.1 Å². The Labute approximate surface area is 226 Å². The van der Waals surface area contributed by atoms with E-state index in [1.165, 1.54) is 34.0 Å². The van der Waals surface area contributed by atoms with Crippen LogP contribution in [0.5, 0.6) is 0 Å². The Morgan fingerprint density at radius 2 is 1.76 bits per heavy atom. The lowest BCUT2D eigenvalue weighted by molar-refractivity contribution is -0.0508. The Balaban J connectivity index is 1.46. The van der Waals surface area contributed by atoms with Crippen molar-refractivity contribution in [2.75, 3.05) is 33.4 Å². The van der Waals surface area contributed by atoms with E-state index in [1.54, 1.807) is 16.1 Å². The number of fused-ring (bicyclic) bond motifs is 1. The first kappa shape index (κ1) is 26.8. The third-order valence-electron chi connectivity index (χ3n) is 8.39. The summed E-state index contributed by atoms with van der Waals surface area (Å²) in [6, 6.07) is 15.5. The molecule has 3 heterocycles. The quantitative estimate of drug-likeness (QED) is 0.417. The van der Waals surface area contributed by atoms with Crippen LogP contribution in [0.3, 0.4) is 0 Å². The summed E-state index contributed by atoms with van der Waals surface area (Å²) in [6.45, 7) is 10.9. The Hall–Kier alpha value is -2.78. The van der Waals surface area contributed by atoms with Crippen LogP contribution in [-0.2, 0) is 21.3 Å². The lowest BCUT2D eigenvalue weighted by Crippen LogP contribution is -2.67. The third-order valence-corrected chi connectivity index (χ3v) is 10.3. The standard InChI is InChI=1S/C30H38N4O3S/c1-6-34-23(4)29(18-31-34)38(35,36)32-16-7-8-17-33-27(19-32)30(28(33)20-37-5)25-14-12-24(13-15-25)26-11-9-10-21(2)22(26)3/h7-15,18,27-28,30H,6,16-17,19-20H2,1-5H3/t27?,28?,30-/m0/s1. The Kier molecular flexibility index (Phi) is 7.60. The number of nitrogens with zero attached hydrogens (tertiary/aromatic N) is 4. The van der Waals surface area contributed by atoms with E-state index in [0.29, 0.717) is 36.8 Å². The molecule has 0 radical (unpaired) electrons. The van der Waals surface area contributed by atoms with E-state index < -0.39 is 10.0 Å². The first-order valence-corrected chi connectivity index (χ1v) is 14.8. The fourth-order valence-corrected chi connectivity index (χ4v) is 7.64. The molecule has 0 N–H and O–H groups in total. The highest BCUT2D eigenvalue weighted by Crippen LogP contribution is 2.43. The zero-order valence-electron chi connectivity index (χ0n) is 23.0. The number of aromatic nitrogens is 2. The van der Waals surface area contributed by atoms with Gasteiger partial charge < -0.3 is 4.74 Å². The molecule has 7 nitrogen and oxygen atoms in total. The van der Waals surface area contributed by atoms with Crippen molar-refractivity contribution >= 4 is 10.0 Å². The summed E-state index contributed by atoms with van der Waals surface area (Å²) in [5.41, 5.74) is 6.92. The Morgan fingerprint density at radius 3 is 2.45 bits per heavy atom. The van der Waals surface area contributed by atoms with Gasteiger partial charge in [0.1, 0.15) is 4.90 Å². The predicted octanol–water partition coefficient (Wildman–Crippen LogP) is 4.54. The van der Waals surface area contributed by atoms with Gasteiger partial charge in [-0.1, -0.05) is 54.6 Å². The average Bonchev–Trinajstić information content (AvgIpc) is 3.28. The topological polar surface area (TPSA) is 67.7 Å². The van der Waals surface area contributed by atoms with Gasteiger partial charge in [0.25, 0.3) is 0 Å². The Morgan fingerprint density at radius 1 is 1.03 bits per heavy atom. The summed E-state index contributed by atoms with van der Waals surface area (Å²) in [4.78, 5) is 2.68. The fourth-order valence-electron chi connectivity index (χ4n) is 6.07. The summed E-state index contributed by atoms with van der Waals surface area (Å²) in [5, 5.41) is 4.29. The fraction of sp³-hybridized carbons (Fsp3) is 0.433. The third kappa shape index (κ3) is 4.64. The molecular formula is C30H38N4O3S. The lowest BCUT2D eigenvalue weighted by atomic mass is 9.74. The van der Waals surface area contributed by atoms with E-state index in [-0.39, 0.29) is 18.0 Å². The van der Waals surface area contributed by atoms with Crippen LogP contribution in [0.4, 0.5) is 0 Å². The zero-order valence-corrected chi connectivity index (χ0v) is 23.8. The van der Waals surface area contributed by atoms with Crippen molar-refractivity contribution < 1.29 is 13.2 Å². The molecule has 2 aromatic carbocycles. The van der Waals surface area contributed by atoms with Gasteiger partial charge in [0.2, 0.25) is 10.0 Å². The van der Waals surface area contributed by atoms with E-state index in [1.807, 2.05) is 19.9 Å². The molecule has 0 amide bonds. The maximum atomic E-state index is 13.8.